The maximum Gasteiger partial charge on any atom is 0.491 e. The molecule has 3 aliphatic rings. The van der Waals surface area contributed by atoms with Gasteiger partial charge < -0.3 is 40.1 Å². The lowest BCUT2D eigenvalue weighted by Crippen LogP contribution is -2.57. The molecule has 0 aliphatic carbocycles. The molecule has 0 unspecified atom stereocenters. The second-order valence-corrected chi connectivity index (χ2v) is 10.7. The van der Waals surface area contributed by atoms with E-state index in [1.54, 1.807) is 0 Å². The first-order valence-electron chi connectivity index (χ1n) is 14.0. The Kier molecular flexibility index (Phi) is 9.47. The largest absolute Gasteiger partial charge is 0.491 e. The van der Waals surface area contributed by atoms with Crippen molar-refractivity contribution in [1.29, 1.82) is 0 Å². The summed E-state index contributed by atoms with van der Waals surface area (Å²) < 4.78 is 39.2. The van der Waals surface area contributed by atoms with Crippen molar-refractivity contribution in [3.8, 4) is 0 Å². The number of carbonyl (C=O) groups excluding carboxylic acids is 6. The number of benzene rings is 2. The zero-order valence-corrected chi connectivity index (χ0v) is 24.1. The SMILES string of the molecule is C[C@H](NC(=O)c1cc(F)c2c(c1)B(O)OC2)[C@H](NC(=O)c1cc(F)c2c(c1)B(O)OC2)C(=O)NCCC(=O)ON1C(=O)CCC1=O. The van der Waals surface area contributed by atoms with Crippen LogP contribution in [-0.4, -0.2) is 83.5 Å². The van der Waals surface area contributed by atoms with Crippen molar-refractivity contribution in [1.82, 2.24) is 21.0 Å². The molecule has 19 heteroatoms. The monoisotopic (exact) mass is 642 g/mol. The Morgan fingerprint density at radius 1 is 0.891 bits per heavy atom. The molecule has 0 spiro atoms. The molecule has 15 nitrogen and oxygen atoms in total. The fourth-order valence-electron chi connectivity index (χ4n) is 5.05. The van der Waals surface area contributed by atoms with E-state index in [4.69, 9.17) is 14.1 Å². The number of amides is 5. The number of nitrogens with one attached hydrogen (secondary N) is 3. The van der Waals surface area contributed by atoms with Gasteiger partial charge in [0.1, 0.15) is 17.7 Å². The third-order valence-corrected chi connectivity index (χ3v) is 7.54. The van der Waals surface area contributed by atoms with E-state index in [9.17, 15) is 47.6 Å². The van der Waals surface area contributed by atoms with E-state index in [0.29, 0.717) is 5.06 Å². The second kappa shape index (κ2) is 13.3. The predicted molar refractivity (Wildman–Crippen MR) is 151 cm³/mol. The maximum absolute atomic E-state index is 14.6. The molecule has 3 aliphatic heterocycles. The molecular weight excluding hydrogens is 616 g/mol. The van der Waals surface area contributed by atoms with Crippen molar-refractivity contribution in [2.45, 2.75) is 51.5 Å². The molecule has 5 N–H and O–H groups in total. The maximum atomic E-state index is 14.6. The van der Waals surface area contributed by atoms with Crippen LogP contribution in [0.25, 0.3) is 0 Å². The highest BCUT2D eigenvalue weighted by Gasteiger charge is 2.36. The minimum atomic E-state index is -1.57. The molecule has 5 amide bonds. The summed E-state index contributed by atoms with van der Waals surface area (Å²) in [5.74, 6) is -6.81. The molecule has 1 fully saturated rings. The molecule has 1 saturated heterocycles. The van der Waals surface area contributed by atoms with Crippen LogP contribution in [0, 0.1) is 11.6 Å². The fourth-order valence-corrected chi connectivity index (χ4v) is 5.05. The number of fused-ring (bicyclic) bond motifs is 2. The standard InChI is InChI=1S/C27H26B2F2N4O11/c1-12(33-25(39)13-6-17-15(19(30)8-13)10-44-28(17)42)24(27(41)32-5-4-23(38)46-35-21(36)2-3-22(35)37)34-26(40)14-7-18-16(20(31)9-14)11-45-29(18)43/h6-9,12,24,42-43H,2-5,10-11H2,1H3,(H,32,41)(H,33,39)(H,34,40)/t12-,24-/m0/s1. The van der Waals surface area contributed by atoms with Gasteiger partial charge in [0.15, 0.2) is 0 Å². The van der Waals surface area contributed by atoms with Gasteiger partial charge in [-0.15, -0.1) is 5.06 Å². The molecule has 240 valence electrons. The van der Waals surface area contributed by atoms with Gasteiger partial charge in [-0.3, -0.25) is 24.0 Å². The van der Waals surface area contributed by atoms with Crippen molar-refractivity contribution >= 4 is 60.7 Å². The third-order valence-electron chi connectivity index (χ3n) is 7.54. The first kappa shape index (κ1) is 32.7. The average molecular weight is 642 g/mol. The van der Waals surface area contributed by atoms with E-state index in [0.717, 1.165) is 12.1 Å². The summed E-state index contributed by atoms with van der Waals surface area (Å²) in [6.07, 6.45) is -0.711. The smallest absolute Gasteiger partial charge is 0.423 e. The van der Waals surface area contributed by atoms with E-state index in [-0.39, 0.29) is 65.8 Å². The Morgan fingerprint density at radius 3 is 1.91 bits per heavy atom. The summed E-state index contributed by atoms with van der Waals surface area (Å²) in [5, 5.41) is 27.5. The minimum absolute atomic E-state index is 0.0192. The van der Waals surface area contributed by atoms with Gasteiger partial charge in [0.05, 0.1) is 25.7 Å². The second-order valence-electron chi connectivity index (χ2n) is 10.7. The third kappa shape index (κ3) is 6.76. The van der Waals surface area contributed by atoms with E-state index < -0.39 is 79.9 Å². The molecular formula is C27H26B2F2N4O11. The molecule has 5 rings (SSSR count). The van der Waals surface area contributed by atoms with Crippen LogP contribution in [0.3, 0.4) is 0 Å². The summed E-state index contributed by atoms with van der Waals surface area (Å²) in [6, 6.07) is 1.41. The summed E-state index contributed by atoms with van der Waals surface area (Å²) in [6.45, 7) is 0.544. The summed E-state index contributed by atoms with van der Waals surface area (Å²) in [7, 11) is -2.92. The van der Waals surface area contributed by atoms with Crippen LogP contribution in [0.1, 0.15) is 58.0 Å². The molecule has 2 aromatic rings. The van der Waals surface area contributed by atoms with Crippen LogP contribution in [0.2, 0.25) is 0 Å². The number of hydrogen-bond donors (Lipinski definition) is 5. The van der Waals surface area contributed by atoms with E-state index in [1.165, 1.54) is 19.1 Å². The van der Waals surface area contributed by atoms with Crippen LogP contribution in [0.4, 0.5) is 8.78 Å². The van der Waals surface area contributed by atoms with Gasteiger partial charge in [-0.1, -0.05) is 0 Å². The topological polar surface area (TPSA) is 210 Å². The number of imide groups is 1. The van der Waals surface area contributed by atoms with E-state index in [1.807, 2.05) is 0 Å². The Balaban J connectivity index is 1.30. The lowest BCUT2D eigenvalue weighted by molar-refractivity contribution is -0.197. The van der Waals surface area contributed by atoms with Crippen LogP contribution < -0.4 is 26.9 Å². The first-order valence-corrected chi connectivity index (χ1v) is 14.0. The van der Waals surface area contributed by atoms with Crippen LogP contribution in [0.15, 0.2) is 24.3 Å². The molecule has 46 heavy (non-hydrogen) atoms. The summed E-state index contributed by atoms with van der Waals surface area (Å²) in [4.78, 5) is 79.8. The molecule has 0 radical (unpaired) electrons. The molecule has 2 atom stereocenters. The zero-order valence-electron chi connectivity index (χ0n) is 24.1. The normalized spacial score (nSPS) is 16.6. The van der Waals surface area contributed by atoms with Gasteiger partial charge >= 0.3 is 20.2 Å². The number of nitrogens with zero attached hydrogens (tertiary/aromatic N) is 1. The number of hydroxylamine groups is 2. The summed E-state index contributed by atoms with van der Waals surface area (Å²) >= 11 is 0. The van der Waals surface area contributed by atoms with Crippen LogP contribution in [0.5, 0.6) is 0 Å². The number of halogens is 2. The molecule has 3 heterocycles. The highest BCUT2D eigenvalue weighted by Crippen LogP contribution is 2.18. The highest BCUT2D eigenvalue weighted by atomic mass is 19.1. The quantitative estimate of drug-likeness (QED) is 0.134. The van der Waals surface area contributed by atoms with Crippen LogP contribution >= 0.6 is 0 Å². The Morgan fingerprint density at radius 2 is 1.39 bits per heavy atom. The minimum Gasteiger partial charge on any atom is -0.423 e. The van der Waals surface area contributed by atoms with Crippen molar-refractivity contribution in [3.63, 3.8) is 0 Å². The highest BCUT2D eigenvalue weighted by molar-refractivity contribution is 6.62. The Labute approximate surface area is 259 Å². The molecule has 0 saturated carbocycles. The van der Waals surface area contributed by atoms with Gasteiger partial charge in [-0.25, -0.2) is 13.6 Å². The van der Waals surface area contributed by atoms with E-state index >= 15 is 0 Å². The fraction of sp³-hybridized carbons (Fsp3) is 0.333. The van der Waals surface area contributed by atoms with Gasteiger partial charge in [0, 0.05) is 41.6 Å². The number of rotatable bonds is 10. The predicted octanol–water partition coefficient (Wildman–Crippen LogP) is -2.57. The van der Waals surface area contributed by atoms with E-state index in [2.05, 4.69) is 16.0 Å². The van der Waals surface area contributed by atoms with Crippen LogP contribution in [-0.2, 0) is 46.5 Å². The zero-order chi connectivity index (χ0) is 33.3. The van der Waals surface area contributed by atoms with Crippen molar-refractivity contribution in [2.24, 2.45) is 0 Å². The molecule has 0 bridgehead atoms. The lowest BCUT2D eigenvalue weighted by Gasteiger charge is -2.25. The van der Waals surface area contributed by atoms with Gasteiger partial charge in [0.2, 0.25) is 5.91 Å². The average Bonchev–Trinajstić information content (AvgIpc) is 3.68. The number of carbonyl (C=O) groups is 6. The lowest BCUT2D eigenvalue weighted by atomic mass is 9.78. The van der Waals surface area contributed by atoms with Crippen molar-refractivity contribution < 1.29 is 61.7 Å². The van der Waals surface area contributed by atoms with Crippen molar-refractivity contribution in [3.05, 3.63) is 58.2 Å². The van der Waals surface area contributed by atoms with Gasteiger partial charge in [-0.2, -0.15) is 0 Å². The first-order chi connectivity index (χ1) is 21.8. The van der Waals surface area contributed by atoms with Gasteiger partial charge in [-0.05, 0) is 42.1 Å². The number of hydrogen-bond acceptors (Lipinski definition) is 11. The Bertz CT molecular complexity index is 1630. The Hall–Kier alpha value is -4.71. The molecule has 2 aromatic carbocycles. The molecule has 0 aromatic heterocycles. The summed E-state index contributed by atoms with van der Waals surface area (Å²) in [5.41, 5.74) is -0.298. The van der Waals surface area contributed by atoms with Crippen molar-refractivity contribution in [2.75, 3.05) is 6.54 Å². The van der Waals surface area contributed by atoms with Gasteiger partial charge in [0.25, 0.3) is 23.6 Å².